The van der Waals surface area contributed by atoms with Crippen LogP contribution in [0.15, 0.2) is 23.4 Å². The van der Waals surface area contributed by atoms with Gasteiger partial charge in [-0.15, -0.1) is 0 Å². The van der Waals surface area contributed by atoms with Gasteiger partial charge in [-0.2, -0.15) is 0 Å². The van der Waals surface area contributed by atoms with E-state index in [1.165, 1.54) is 25.1 Å². The van der Waals surface area contributed by atoms with Crippen molar-refractivity contribution in [2.45, 2.75) is 43.7 Å². The summed E-state index contributed by atoms with van der Waals surface area (Å²) in [5, 5.41) is 0. The fraction of sp³-hybridized carbons (Fsp3) is 0.545. The SMILES string of the molecule is C[C@@H]1CC[C@H](C)N1Sc1cncc(F)c1. The molecular weight excluding hydrogens is 211 g/mol. The Balaban J connectivity index is 2.08. The van der Waals surface area contributed by atoms with Gasteiger partial charge in [-0.3, -0.25) is 4.98 Å². The quantitative estimate of drug-likeness (QED) is 0.721. The van der Waals surface area contributed by atoms with Gasteiger partial charge >= 0.3 is 0 Å². The summed E-state index contributed by atoms with van der Waals surface area (Å²) < 4.78 is 15.3. The molecule has 4 heteroatoms. The number of nitrogens with zero attached hydrogens (tertiary/aromatic N) is 2. The summed E-state index contributed by atoms with van der Waals surface area (Å²) in [5.74, 6) is -0.264. The van der Waals surface area contributed by atoms with Crippen molar-refractivity contribution in [2.24, 2.45) is 0 Å². The Labute approximate surface area is 94.0 Å². The highest BCUT2D eigenvalue weighted by atomic mass is 32.2. The van der Waals surface area contributed by atoms with Crippen LogP contribution in [0.3, 0.4) is 0 Å². The molecule has 2 atom stereocenters. The van der Waals surface area contributed by atoms with Crippen molar-refractivity contribution in [2.75, 3.05) is 0 Å². The zero-order valence-electron chi connectivity index (χ0n) is 8.98. The molecule has 0 aliphatic carbocycles. The maximum atomic E-state index is 12.9. The van der Waals surface area contributed by atoms with E-state index in [0.717, 1.165) is 4.90 Å². The second-order valence-electron chi connectivity index (χ2n) is 4.07. The molecule has 0 N–H and O–H groups in total. The topological polar surface area (TPSA) is 16.1 Å². The summed E-state index contributed by atoms with van der Waals surface area (Å²) in [7, 11) is 0. The molecule has 1 aliphatic rings. The second kappa shape index (κ2) is 4.49. The second-order valence-corrected chi connectivity index (χ2v) is 5.14. The van der Waals surface area contributed by atoms with Gasteiger partial charge < -0.3 is 0 Å². The van der Waals surface area contributed by atoms with Crippen LogP contribution < -0.4 is 0 Å². The Hall–Kier alpha value is -0.610. The number of pyridine rings is 1. The van der Waals surface area contributed by atoms with Gasteiger partial charge in [0.05, 0.1) is 6.20 Å². The van der Waals surface area contributed by atoms with Gasteiger partial charge in [0, 0.05) is 23.2 Å². The summed E-state index contributed by atoms with van der Waals surface area (Å²) >= 11 is 1.61. The van der Waals surface area contributed by atoms with Crippen molar-refractivity contribution in [3.63, 3.8) is 0 Å². The molecule has 15 heavy (non-hydrogen) atoms. The van der Waals surface area contributed by atoms with E-state index in [2.05, 4.69) is 23.1 Å². The van der Waals surface area contributed by atoms with Gasteiger partial charge in [-0.1, -0.05) is 0 Å². The minimum Gasteiger partial charge on any atom is -0.260 e. The summed E-state index contributed by atoms with van der Waals surface area (Å²) in [5.41, 5.74) is 0. The van der Waals surface area contributed by atoms with E-state index >= 15 is 0 Å². The third-order valence-electron chi connectivity index (χ3n) is 2.76. The Morgan fingerprint density at radius 1 is 1.33 bits per heavy atom. The molecule has 1 aromatic heterocycles. The molecule has 1 fully saturated rings. The molecule has 1 aliphatic heterocycles. The third kappa shape index (κ3) is 2.49. The number of rotatable bonds is 2. The van der Waals surface area contributed by atoms with Crippen molar-refractivity contribution in [3.05, 3.63) is 24.3 Å². The number of hydrogen-bond donors (Lipinski definition) is 0. The minimum absolute atomic E-state index is 0.264. The molecule has 2 nitrogen and oxygen atoms in total. The van der Waals surface area contributed by atoms with Crippen molar-refractivity contribution < 1.29 is 4.39 Å². The molecule has 2 heterocycles. The van der Waals surface area contributed by atoms with Crippen LogP contribution in [0.25, 0.3) is 0 Å². The summed E-state index contributed by atoms with van der Waals surface area (Å²) in [4.78, 5) is 4.74. The molecular formula is C11H15FN2S. The molecule has 0 aromatic carbocycles. The molecule has 0 amide bonds. The maximum Gasteiger partial charge on any atom is 0.142 e. The molecule has 1 saturated heterocycles. The Morgan fingerprint density at radius 3 is 2.60 bits per heavy atom. The van der Waals surface area contributed by atoms with E-state index in [1.54, 1.807) is 18.1 Å². The predicted octanol–water partition coefficient (Wildman–Crippen LogP) is 3.10. The summed E-state index contributed by atoms with van der Waals surface area (Å²) in [6, 6.07) is 2.66. The summed E-state index contributed by atoms with van der Waals surface area (Å²) in [6.07, 6.45) is 5.39. The van der Waals surface area contributed by atoms with E-state index in [9.17, 15) is 4.39 Å². The van der Waals surface area contributed by atoms with Crippen LogP contribution in [-0.4, -0.2) is 21.4 Å². The Morgan fingerprint density at radius 2 is 2.00 bits per heavy atom. The highest BCUT2D eigenvalue weighted by Gasteiger charge is 2.28. The first-order valence-electron chi connectivity index (χ1n) is 5.23. The van der Waals surface area contributed by atoms with Crippen LogP contribution in [0, 0.1) is 5.82 Å². The fourth-order valence-electron chi connectivity index (χ4n) is 1.92. The average Bonchev–Trinajstić information content (AvgIpc) is 2.50. The van der Waals surface area contributed by atoms with Crippen molar-refractivity contribution in [1.82, 2.24) is 9.29 Å². The zero-order chi connectivity index (χ0) is 10.8. The zero-order valence-corrected chi connectivity index (χ0v) is 9.80. The van der Waals surface area contributed by atoms with Gasteiger partial charge in [-0.25, -0.2) is 8.70 Å². The molecule has 0 spiro atoms. The lowest BCUT2D eigenvalue weighted by atomic mass is 10.2. The fourth-order valence-corrected chi connectivity index (χ4v) is 3.00. The predicted molar refractivity (Wildman–Crippen MR) is 60.0 cm³/mol. The monoisotopic (exact) mass is 226 g/mol. The van der Waals surface area contributed by atoms with Gasteiger partial charge in [0.25, 0.3) is 0 Å². The highest BCUT2D eigenvalue weighted by molar-refractivity contribution is 7.97. The first kappa shape index (κ1) is 10.9. The molecule has 0 unspecified atom stereocenters. The van der Waals surface area contributed by atoms with Crippen LogP contribution in [0.4, 0.5) is 4.39 Å². The van der Waals surface area contributed by atoms with Gasteiger partial charge in [0.15, 0.2) is 0 Å². The van der Waals surface area contributed by atoms with Crippen molar-refractivity contribution >= 4 is 11.9 Å². The molecule has 2 rings (SSSR count). The molecule has 0 radical (unpaired) electrons. The third-order valence-corrected chi connectivity index (χ3v) is 4.13. The maximum absolute atomic E-state index is 12.9. The average molecular weight is 226 g/mol. The highest BCUT2D eigenvalue weighted by Crippen LogP contribution is 2.34. The smallest absolute Gasteiger partial charge is 0.142 e. The first-order valence-corrected chi connectivity index (χ1v) is 6.01. The Bertz CT molecular complexity index is 335. The molecule has 0 bridgehead atoms. The summed E-state index contributed by atoms with van der Waals surface area (Å²) in [6.45, 7) is 4.42. The normalized spacial score (nSPS) is 27.1. The lowest BCUT2D eigenvalue weighted by Crippen LogP contribution is -2.25. The lowest BCUT2D eigenvalue weighted by molar-refractivity contribution is 0.393. The minimum atomic E-state index is -0.264. The number of hydrogen-bond acceptors (Lipinski definition) is 3. The van der Waals surface area contributed by atoms with Crippen LogP contribution >= 0.6 is 11.9 Å². The molecule has 82 valence electrons. The number of aromatic nitrogens is 1. The Kier molecular flexibility index (Phi) is 3.26. The lowest BCUT2D eigenvalue weighted by Gasteiger charge is -2.24. The van der Waals surface area contributed by atoms with E-state index in [0.29, 0.717) is 12.1 Å². The standard InChI is InChI=1S/C11H15FN2S/c1-8-3-4-9(2)14(8)15-11-5-10(12)6-13-7-11/h5-9H,3-4H2,1-2H3/t8-,9+. The molecule has 0 saturated carbocycles. The van der Waals surface area contributed by atoms with Crippen LogP contribution in [0.5, 0.6) is 0 Å². The number of halogens is 1. The van der Waals surface area contributed by atoms with Crippen LogP contribution in [0.1, 0.15) is 26.7 Å². The van der Waals surface area contributed by atoms with E-state index in [-0.39, 0.29) is 5.82 Å². The van der Waals surface area contributed by atoms with Crippen LogP contribution in [0.2, 0.25) is 0 Å². The van der Waals surface area contributed by atoms with Crippen LogP contribution in [-0.2, 0) is 0 Å². The van der Waals surface area contributed by atoms with Gasteiger partial charge in [-0.05, 0) is 44.7 Å². The van der Waals surface area contributed by atoms with Gasteiger partial charge in [0.2, 0.25) is 0 Å². The first-order chi connectivity index (χ1) is 7.16. The largest absolute Gasteiger partial charge is 0.260 e. The van der Waals surface area contributed by atoms with E-state index in [1.807, 2.05) is 0 Å². The van der Waals surface area contributed by atoms with Crippen molar-refractivity contribution in [1.29, 1.82) is 0 Å². The van der Waals surface area contributed by atoms with Crippen molar-refractivity contribution in [3.8, 4) is 0 Å². The van der Waals surface area contributed by atoms with E-state index < -0.39 is 0 Å². The molecule has 1 aromatic rings. The van der Waals surface area contributed by atoms with Gasteiger partial charge in [0.1, 0.15) is 5.82 Å². The van der Waals surface area contributed by atoms with E-state index in [4.69, 9.17) is 0 Å².